The van der Waals surface area contributed by atoms with Crippen molar-refractivity contribution in [3.05, 3.63) is 45.6 Å². The molecule has 1 aromatic carbocycles. The maximum Gasteiger partial charge on any atom is 0.353 e. The van der Waals surface area contributed by atoms with Gasteiger partial charge in [0.25, 0.3) is 16.0 Å². The van der Waals surface area contributed by atoms with E-state index in [0.29, 0.717) is 0 Å². The Labute approximate surface area is 175 Å². The third-order valence-corrected chi connectivity index (χ3v) is 7.62. The first-order valence-electron chi connectivity index (χ1n) is 8.34. The summed E-state index contributed by atoms with van der Waals surface area (Å²) in [5.41, 5.74) is 1.30. The molecule has 9 nitrogen and oxygen atoms in total. The van der Waals surface area contributed by atoms with E-state index in [1.165, 1.54) is 12.1 Å². The average Bonchev–Trinajstić information content (AvgIpc) is 2.61. The molecule has 0 saturated carbocycles. The summed E-state index contributed by atoms with van der Waals surface area (Å²) >= 11 is 7.03. The quantitative estimate of drug-likeness (QED) is 0.439. The fourth-order valence-electron chi connectivity index (χ4n) is 3.20. The van der Waals surface area contributed by atoms with Crippen molar-refractivity contribution in [3.8, 4) is 0 Å². The minimum absolute atomic E-state index is 0.00261. The maximum absolute atomic E-state index is 12.7. The zero-order valence-electron chi connectivity index (χ0n) is 15.2. The van der Waals surface area contributed by atoms with E-state index in [1.54, 1.807) is 13.0 Å². The predicted octanol–water partition coefficient (Wildman–Crippen LogP) is 1.17. The SMILES string of the molecule is Cc1ccc(C(C(=O)NC2C(=O)N3C(C(=O)O)=C(Cl)CS[C@H]23)S(=O)(=O)O)cc1C. The van der Waals surface area contributed by atoms with Crippen LogP contribution < -0.4 is 5.32 Å². The number of aliphatic carboxylic acids is 1. The van der Waals surface area contributed by atoms with Gasteiger partial charge in [-0.2, -0.15) is 8.42 Å². The van der Waals surface area contributed by atoms with Gasteiger partial charge in [-0.25, -0.2) is 4.79 Å². The minimum Gasteiger partial charge on any atom is -0.477 e. The molecule has 2 aliphatic heterocycles. The Kier molecular flexibility index (Phi) is 5.69. The molecule has 0 bridgehead atoms. The van der Waals surface area contributed by atoms with Gasteiger partial charge in [0.05, 0.1) is 5.03 Å². The Balaban J connectivity index is 1.86. The molecule has 2 heterocycles. The summed E-state index contributed by atoms with van der Waals surface area (Å²) in [6.07, 6.45) is 0. The molecule has 3 atom stereocenters. The fraction of sp³-hybridized carbons (Fsp3) is 0.353. The van der Waals surface area contributed by atoms with Crippen molar-refractivity contribution in [2.45, 2.75) is 30.5 Å². The molecule has 3 N–H and O–H groups in total. The van der Waals surface area contributed by atoms with Crippen molar-refractivity contribution in [2.75, 3.05) is 5.75 Å². The van der Waals surface area contributed by atoms with Crippen molar-refractivity contribution in [1.29, 1.82) is 0 Å². The van der Waals surface area contributed by atoms with Gasteiger partial charge in [-0.05, 0) is 30.5 Å². The zero-order valence-corrected chi connectivity index (χ0v) is 17.6. The van der Waals surface area contributed by atoms with E-state index in [9.17, 15) is 32.5 Å². The molecule has 1 aromatic rings. The number of thioether (sulfide) groups is 1. The smallest absolute Gasteiger partial charge is 0.353 e. The van der Waals surface area contributed by atoms with E-state index in [-0.39, 0.29) is 22.0 Å². The number of carboxylic acids is 1. The third kappa shape index (κ3) is 3.87. The monoisotopic (exact) mass is 460 g/mol. The molecule has 2 aliphatic rings. The molecule has 0 aliphatic carbocycles. The number of halogens is 1. The number of amides is 2. The highest BCUT2D eigenvalue weighted by molar-refractivity contribution is 8.00. The number of carboxylic acid groups (broad SMARTS) is 1. The second-order valence-electron chi connectivity index (χ2n) is 6.69. The van der Waals surface area contributed by atoms with Gasteiger partial charge in [0.15, 0.2) is 5.25 Å². The van der Waals surface area contributed by atoms with E-state index in [0.717, 1.165) is 27.8 Å². The normalized spacial score (nSPS) is 22.6. The van der Waals surface area contributed by atoms with Gasteiger partial charge in [-0.1, -0.05) is 29.8 Å². The van der Waals surface area contributed by atoms with Gasteiger partial charge in [-0.3, -0.25) is 19.0 Å². The molecule has 2 unspecified atom stereocenters. The largest absolute Gasteiger partial charge is 0.477 e. The number of rotatable bonds is 5. The van der Waals surface area contributed by atoms with Gasteiger partial charge in [0.2, 0.25) is 5.91 Å². The Morgan fingerprint density at radius 2 is 1.97 bits per heavy atom. The van der Waals surface area contributed by atoms with Crippen LogP contribution in [0.15, 0.2) is 28.9 Å². The van der Waals surface area contributed by atoms with Crippen molar-refractivity contribution >= 4 is 51.3 Å². The van der Waals surface area contributed by atoms with Gasteiger partial charge in [-0.15, -0.1) is 11.8 Å². The molecule has 1 fully saturated rings. The summed E-state index contributed by atoms with van der Waals surface area (Å²) in [5, 5.41) is 8.94. The highest BCUT2D eigenvalue weighted by Crippen LogP contribution is 2.41. The number of hydrogen-bond acceptors (Lipinski definition) is 6. The van der Waals surface area contributed by atoms with Crippen LogP contribution in [0, 0.1) is 13.8 Å². The Morgan fingerprint density at radius 3 is 2.52 bits per heavy atom. The number of benzene rings is 1. The van der Waals surface area contributed by atoms with Crippen molar-refractivity contribution in [1.82, 2.24) is 10.2 Å². The topological polar surface area (TPSA) is 141 Å². The molecule has 3 rings (SSSR count). The summed E-state index contributed by atoms with van der Waals surface area (Å²) < 4.78 is 33.4. The van der Waals surface area contributed by atoms with Crippen LogP contribution in [-0.2, 0) is 24.5 Å². The molecule has 12 heteroatoms. The third-order valence-electron chi connectivity index (χ3n) is 4.79. The molecule has 2 amide bonds. The van der Waals surface area contributed by atoms with Gasteiger partial charge in [0.1, 0.15) is 17.1 Å². The Morgan fingerprint density at radius 1 is 1.31 bits per heavy atom. The molecule has 0 aromatic heterocycles. The number of hydrogen-bond donors (Lipinski definition) is 3. The zero-order chi connectivity index (χ0) is 21.7. The first-order valence-corrected chi connectivity index (χ1v) is 11.3. The Bertz CT molecular complexity index is 1050. The van der Waals surface area contributed by atoms with Crippen LogP contribution in [0.5, 0.6) is 0 Å². The van der Waals surface area contributed by atoms with E-state index < -0.39 is 44.6 Å². The Hall–Kier alpha value is -2.08. The van der Waals surface area contributed by atoms with Crippen LogP contribution in [0.25, 0.3) is 0 Å². The summed E-state index contributed by atoms with van der Waals surface area (Å²) in [4.78, 5) is 37.5. The highest BCUT2D eigenvalue weighted by Gasteiger charge is 2.55. The molecule has 29 heavy (non-hydrogen) atoms. The second-order valence-corrected chi connectivity index (χ2v) is 9.76. The average molecular weight is 461 g/mol. The lowest BCUT2D eigenvalue weighted by atomic mass is 10.0. The van der Waals surface area contributed by atoms with Gasteiger partial charge >= 0.3 is 5.97 Å². The van der Waals surface area contributed by atoms with E-state index >= 15 is 0 Å². The number of aryl methyl sites for hydroxylation is 2. The van der Waals surface area contributed by atoms with Crippen molar-refractivity contribution in [3.63, 3.8) is 0 Å². The molecular weight excluding hydrogens is 444 g/mol. The van der Waals surface area contributed by atoms with Crippen molar-refractivity contribution in [2.24, 2.45) is 0 Å². The summed E-state index contributed by atoms with van der Waals surface area (Å²) in [6, 6.07) is 3.37. The van der Waals surface area contributed by atoms with Crippen LogP contribution in [-0.4, -0.2) is 57.9 Å². The van der Waals surface area contributed by atoms with Gasteiger partial charge in [0, 0.05) is 5.75 Å². The minimum atomic E-state index is -4.82. The van der Waals surface area contributed by atoms with Crippen LogP contribution in [0.2, 0.25) is 0 Å². The van der Waals surface area contributed by atoms with Crippen LogP contribution >= 0.6 is 23.4 Å². The number of nitrogens with zero attached hydrogens (tertiary/aromatic N) is 1. The van der Waals surface area contributed by atoms with E-state index in [1.807, 2.05) is 6.92 Å². The molecular formula is C17H17ClN2O7S2. The lowest BCUT2D eigenvalue weighted by Crippen LogP contribution is -2.70. The van der Waals surface area contributed by atoms with Gasteiger partial charge < -0.3 is 10.4 Å². The number of β-lactam (4-membered cyclic amide) rings is 1. The standard InChI is InChI=1S/C17H17ClN2O7S2/c1-7-3-4-9(5-8(7)2)13(29(25,26)27)14(21)19-11-15(22)20-12(17(23)24)10(18)6-28-16(11)20/h3-5,11,13,16H,6H2,1-2H3,(H,19,21)(H,23,24)(H,25,26,27)/t11?,13?,16-/m1/s1. The molecule has 156 valence electrons. The summed E-state index contributed by atoms with van der Waals surface area (Å²) in [7, 11) is -4.82. The molecule has 0 spiro atoms. The first-order chi connectivity index (χ1) is 13.4. The fourth-order valence-corrected chi connectivity index (χ4v) is 5.58. The van der Waals surface area contributed by atoms with E-state index in [2.05, 4.69) is 5.32 Å². The van der Waals surface area contributed by atoms with Crippen molar-refractivity contribution < 1.29 is 32.5 Å². The number of carbonyl (C=O) groups excluding carboxylic acids is 2. The van der Waals surface area contributed by atoms with Crippen LogP contribution in [0.1, 0.15) is 21.9 Å². The second kappa shape index (κ2) is 7.63. The lowest BCUT2D eigenvalue weighted by Gasteiger charge is -2.48. The van der Waals surface area contributed by atoms with E-state index in [4.69, 9.17) is 11.6 Å². The maximum atomic E-state index is 12.7. The molecule has 1 saturated heterocycles. The molecule has 0 radical (unpaired) electrons. The van der Waals surface area contributed by atoms with Crippen LogP contribution in [0.3, 0.4) is 0 Å². The highest BCUT2D eigenvalue weighted by atomic mass is 35.5. The first kappa shape index (κ1) is 21.6. The lowest BCUT2D eigenvalue weighted by molar-refractivity contribution is -0.150. The predicted molar refractivity (Wildman–Crippen MR) is 106 cm³/mol. The summed E-state index contributed by atoms with van der Waals surface area (Å²) in [6.45, 7) is 3.54. The number of fused-ring (bicyclic) bond motifs is 1. The number of nitrogens with one attached hydrogen (secondary N) is 1. The number of carbonyl (C=O) groups is 3. The van der Waals surface area contributed by atoms with Crippen LogP contribution in [0.4, 0.5) is 0 Å². The summed E-state index contributed by atoms with van der Waals surface area (Å²) in [5.74, 6) is -3.04.